The van der Waals surface area contributed by atoms with E-state index in [1.54, 1.807) is 60.7 Å². The van der Waals surface area contributed by atoms with Crippen LogP contribution in [0, 0.1) is 0 Å². The van der Waals surface area contributed by atoms with Crippen LogP contribution in [0.2, 0.25) is 0 Å². The molecule has 2 heterocycles. The number of carbonyl (C=O) groups is 2. The van der Waals surface area contributed by atoms with Crippen molar-refractivity contribution in [1.29, 1.82) is 0 Å². The summed E-state index contributed by atoms with van der Waals surface area (Å²) in [4.78, 5) is 31.9. The molecule has 2 aromatic heterocycles. The Morgan fingerprint density at radius 2 is 1.87 bits per heavy atom. The van der Waals surface area contributed by atoms with Crippen molar-refractivity contribution in [2.75, 3.05) is 11.1 Å². The molecule has 0 fully saturated rings. The van der Waals surface area contributed by atoms with E-state index < -0.39 is 0 Å². The highest BCUT2D eigenvalue weighted by molar-refractivity contribution is 6.02. The molecule has 0 unspecified atom stereocenters. The van der Waals surface area contributed by atoms with Gasteiger partial charge in [0.1, 0.15) is 11.2 Å². The zero-order valence-electron chi connectivity index (χ0n) is 16.6. The molecule has 0 radical (unpaired) electrons. The molecule has 2 aromatic carbocycles. The molecule has 0 aliphatic rings. The number of hydrogen-bond donors (Lipinski definition) is 3. The number of anilines is 2. The van der Waals surface area contributed by atoms with Gasteiger partial charge < -0.3 is 16.3 Å². The Morgan fingerprint density at radius 1 is 1.10 bits per heavy atom. The number of carbonyl (C=O) groups excluding carboxylic acids is 2. The van der Waals surface area contributed by atoms with Crippen LogP contribution in [0.4, 0.5) is 11.4 Å². The van der Waals surface area contributed by atoms with Gasteiger partial charge in [-0.25, -0.2) is 4.98 Å². The number of pyridine rings is 1. The number of nitrogens with one attached hydrogen (secondary N) is 1. The van der Waals surface area contributed by atoms with Crippen molar-refractivity contribution in [2.24, 2.45) is 0 Å². The molecule has 4 N–H and O–H groups in total. The minimum absolute atomic E-state index is 0.113. The average molecular weight is 413 g/mol. The van der Waals surface area contributed by atoms with Crippen molar-refractivity contribution in [3.05, 3.63) is 78.1 Å². The Hall–Kier alpha value is -4.46. The molecule has 1 amide bonds. The van der Waals surface area contributed by atoms with Crippen LogP contribution in [0.3, 0.4) is 0 Å². The number of nitrogens with two attached hydrogens (primary N) is 1. The normalized spacial score (nSPS) is 11.1. The molecule has 0 aliphatic heterocycles. The first-order valence-electron chi connectivity index (χ1n) is 9.44. The summed E-state index contributed by atoms with van der Waals surface area (Å²) >= 11 is 0. The SMILES string of the molecule is CC(=O)c1ccc(/C=C/C(=O)Nc2ccc(-c3nc4ccc(N)cc4n3O)cc2)cn1. The first-order valence-corrected chi connectivity index (χ1v) is 9.44. The second-order valence-electron chi connectivity index (χ2n) is 6.93. The fourth-order valence-corrected chi connectivity index (χ4v) is 3.04. The minimum atomic E-state index is -0.312. The first kappa shape index (κ1) is 19.8. The Kier molecular flexibility index (Phi) is 5.19. The topological polar surface area (TPSA) is 123 Å². The Morgan fingerprint density at radius 3 is 2.55 bits per heavy atom. The van der Waals surface area contributed by atoms with E-state index in [1.807, 2.05) is 0 Å². The van der Waals surface area contributed by atoms with E-state index in [0.29, 0.717) is 45.1 Å². The van der Waals surface area contributed by atoms with Gasteiger partial charge in [0.05, 0.1) is 5.52 Å². The largest absolute Gasteiger partial charge is 0.426 e. The number of ketones is 1. The zero-order valence-corrected chi connectivity index (χ0v) is 16.6. The van der Waals surface area contributed by atoms with E-state index in [9.17, 15) is 14.8 Å². The highest BCUT2D eigenvalue weighted by atomic mass is 16.5. The molecule has 154 valence electrons. The predicted octanol–water partition coefficient (Wildman–Crippen LogP) is 3.77. The second kappa shape index (κ2) is 8.11. The Balaban J connectivity index is 1.45. The van der Waals surface area contributed by atoms with Gasteiger partial charge in [-0.05, 0) is 60.2 Å². The number of benzene rings is 2. The number of rotatable bonds is 5. The molecule has 0 bridgehead atoms. The van der Waals surface area contributed by atoms with Crippen LogP contribution in [0.25, 0.3) is 28.5 Å². The maximum atomic E-state index is 12.2. The fraction of sp³-hybridized carbons (Fsp3) is 0.0435. The molecule has 8 heteroatoms. The highest BCUT2D eigenvalue weighted by Gasteiger charge is 2.12. The minimum Gasteiger partial charge on any atom is -0.426 e. The summed E-state index contributed by atoms with van der Waals surface area (Å²) in [5.41, 5.74) is 9.80. The van der Waals surface area contributed by atoms with Gasteiger partial charge in [-0.3, -0.25) is 14.6 Å². The van der Waals surface area contributed by atoms with Crippen LogP contribution in [-0.2, 0) is 4.79 Å². The van der Waals surface area contributed by atoms with Gasteiger partial charge in [-0.2, -0.15) is 4.73 Å². The van der Waals surface area contributed by atoms with Crippen LogP contribution in [0.5, 0.6) is 0 Å². The number of imidazole rings is 1. The van der Waals surface area contributed by atoms with Gasteiger partial charge in [-0.1, -0.05) is 6.07 Å². The third-order valence-electron chi connectivity index (χ3n) is 4.64. The van der Waals surface area contributed by atoms with Gasteiger partial charge in [0.25, 0.3) is 0 Å². The number of aromatic nitrogens is 3. The smallest absolute Gasteiger partial charge is 0.248 e. The fourth-order valence-electron chi connectivity index (χ4n) is 3.04. The van der Waals surface area contributed by atoms with E-state index in [4.69, 9.17) is 5.73 Å². The zero-order chi connectivity index (χ0) is 22.0. The van der Waals surface area contributed by atoms with Gasteiger partial charge in [0.2, 0.25) is 5.91 Å². The van der Waals surface area contributed by atoms with Crippen LogP contribution in [-0.4, -0.2) is 31.6 Å². The molecule has 4 aromatic rings. The van der Waals surface area contributed by atoms with Gasteiger partial charge >= 0.3 is 0 Å². The first-order chi connectivity index (χ1) is 14.9. The Bertz CT molecular complexity index is 1310. The van der Waals surface area contributed by atoms with E-state index in [-0.39, 0.29) is 11.7 Å². The predicted molar refractivity (Wildman–Crippen MR) is 119 cm³/mol. The molecule has 0 spiro atoms. The summed E-state index contributed by atoms with van der Waals surface area (Å²) < 4.78 is 0.993. The lowest BCUT2D eigenvalue weighted by molar-refractivity contribution is -0.111. The molecule has 0 saturated carbocycles. The van der Waals surface area contributed by atoms with Crippen molar-refractivity contribution in [3.8, 4) is 11.4 Å². The molecule has 4 rings (SSSR count). The van der Waals surface area contributed by atoms with E-state index in [0.717, 1.165) is 4.73 Å². The van der Waals surface area contributed by atoms with Gasteiger partial charge in [0.15, 0.2) is 11.6 Å². The number of amides is 1. The second-order valence-corrected chi connectivity index (χ2v) is 6.93. The van der Waals surface area contributed by atoms with Crippen LogP contribution < -0.4 is 11.1 Å². The van der Waals surface area contributed by atoms with Crippen LogP contribution >= 0.6 is 0 Å². The third-order valence-corrected chi connectivity index (χ3v) is 4.64. The van der Waals surface area contributed by atoms with Crippen LogP contribution in [0.15, 0.2) is 66.9 Å². The molecular formula is C23H19N5O3. The van der Waals surface area contributed by atoms with Crippen molar-refractivity contribution < 1.29 is 14.8 Å². The quantitative estimate of drug-likeness (QED) is 0.198. The maximum absolute atomic E-state index is 12.2. The number of fused-ring (bicyclic) bond motifs is 1. The van der Waals surface area contributed by atoms with Crippen molar-refractivity contribution in [2.45, 2.75) is 6.92 Å². The monoisotopic (exact) mass is 413 g/mol. The van der Waals surface area contributed by atoms with Crippen molar-refractivity contribution in [1.82, 2.24) is 14.7 Å². The standard InChI is InChI=1S/C23H19N5O3/c1-14(29)19-9-2-15(13-25-19)3-11-22(30)26-18-7-4-16(5-8-18)23-27-20-10-6-17(24)12-21(20)28(23)31/h2-13,31H,24H2,1H3,(H,26,30)/b11-3+. The summed E-state index contributed by atoms with van der Waals surface area (Å²) in [5, 5.41) is 13.2. The van der Waals surface area contributed by atoms with E-state index >= 15 is 0 Å². The van der Waals surface area contributed by atoms with Crippen LogP contribution in [0.1, 0.15) is 23.0 Å². The number of nitrogens with zero attached hydrogens (tertiary/aromatic N) is 3. The molecule has 8 nitrogen and oxygen atoms in total. The lowest BCUT2D eigenvalue weighted by atomic mass is 10.2. The van der Waals surface area contributed by atoms with Crippen molar-refractivity contribution >= 4 is 40.2 Å². The molecule has 0 aliphatic carbocycles. The summed E-state index contributed by atoms with van der Waals surface area (Å²) in [6.07, 6.45) is 4.53. The summed E-state index contributed by atoms with van der Waals surface area (Å²) in [6.45, 7) is 1.45. The lowest BCUT2D eigenvalue weighted by Crippen LogP contribution is -2.07. The lowest BCUT2D eigenvalue weighted by Gasteiger charge is -2.05. The maximum Gasteiger partial charge on any atom is 0.248 e. The third kappa shape index (κ3) is 4.27. The van der Waals surface area contributed by atoms with Crippen molar-refractivity contribution in [3.63, 3.8) is 0 Å². The van der Waals surface area contributed by atoms with E-state index in [2.05, 4.69) is 15.3 Å². The molecular weight excluding hydrogens is 394 g/mol. The molecule has 31 heavy (non-hydrogen) atoms. The summed E-state index contributed by atoms with van der Waals surface area (Å²) in [6, 6.07) is 15.4. The van der Waals surface area contributed by atoms with Gasteiger partial charge in [0, 0.05) is 36.1 Å². The number of nitrogen functional groups attached to an aromatic ring is 1. The van der Waals surface area contributed by atoms with Gasteiger partial charge in [-0.15, -0.1) is 0 Å². The summed E-state index contributed by atoms with van der Waals surface area (Å²) in [5.74, 6) is -0.0502. The molecule has 0 atom stereocenters. The average Bonchev–Trinajstić information content (AvgIpc) is 3.09. The van der Waals surface area contributed by atoms with E-state index in [1.165, 1.54) is 19.2 Å². The molecule has 0 saturated heterocycles. The number of hydrogen-bond acceptors (Lipinski definition) is 6. The summed E-state index contributed by atoms with van der Waals surface area (Å²) in [7, 11) is 0. The number of Topliss-reactive ketones (excluding diaryl/α,β-unsaturated/α-hetero) is 1. The Labute approximate surface area is 177 Å². The highest BCUT2D eigenvalue weighted by Crippen LogP contribution is 2.25.